The minimum atomic E-state index is -0.631. The molecule has 11 nitrogen and oxygen atoms in total. The van der Waals surface area contributed by atoms with Crippen LogP contribution in [0.15, 0.2) is 42.5 Å². The summed E-state index contributed by atoms with van der Waals surface area (Å²) in [5.41, 5.74) is 10.4. The molecule has 3 aromatic rings. The Hall–Kier alpha value is -4.38. The van der Waals surface area contributed by atoms with Crippen molar-refractivity contribution in [1.29, 1.82) is 0 Å². The zero-order valence-electron chi connectivity index (χ0n) is 26.2. The third-order valence-electron chi connectivity index (χ3n) is 8.64. The number of benzene rings is 2. The van der Waals surface area contributed by atoms with Crippen LogP contribution in [-0.4, -0.2) is 73.1 Å². The molecule has 1 saturated heterocycles. The first-order valence-corrected chi connectivity index (χ1v) is 15.5. The van der Waals surface area contributed by atoms with Crippen LogP contribution in [0, 0.1) is 12.8 Å². The van der Waals surface area contributed by atoms with Crippen molar-refractivity contribution < 1.29 is 14.3 Å². The van der Waals surface area contributed by atoms with Crippen molar-refractivity contribution in [1.82, 2.24) is 14.9 Å². The van der Waals surface area contributed by atoms with Crippen molar-refractivity contribution in [3.05, 3.63) is 59.4 Å². The minimum Gasteiger partial charge on any atom is -0.495 e. The Morgan fingerprint density at radius 1 is 1.00 bits per heavy atom. The summed E-state index contributed by atoms with van der Waals surface area (Å²) in [6.07, 6.45) is 3.70. The highest BCUT2D eigenvalue weighted by Gasteiger charge is 2.28. The van der Waals surface area contributed by atoms with E-state index in [0.29, 0.717) is 35.2 Å². The number of carbonyl (C=O) groups excluding carboxylic acids is 2. The third-order valence-corrected chi connectivity index (χ3v) is 8.64. The number of piperazine rings is 1. The third kappa shape index (κ3) is 7.21. The van der Waals surface area contributed by atoms with Gasteiger partial charge in [0, 0.05) is 49.5 Å². The number of nitrogens with two attached hydrogens (primary N) is 1. The fourth-order valence-electron chi connectivity index (χ4n) is 6.04. The number of aryl methyl sites for hydroxylation is 2. The minimum absolute atomic E-state index is 0.00761. The van der Waals surface area contributed by atoms with E-state index in [4.69, 9.17) is 15.5 Å². The maximum atomic E-state index is 13.0. The molecule has 1 aliphatic heterocycles. The normalized spacial score (nSPS) is 18.9. The molecule has 0 atom stereocenters. The van der Waals surface area contributed by atoms with Gasteiger partial charge in [0.1, 0.15) is 11.6 Å². The first-order valence-electron chi connectivity index (χ1n) is 15.5. The maximum absolute atomic E-state index is 13.0. The molecule has 0 bridgehead atoms. The maximum Gasteiger partial charge on any atom is 0.271 e. The second-order valence-corrected chi connectivity index (χ2v) is 11.7. The zero-order chi connectivity index (χ0) is 31.2. The van der Waals surface area contributed by atoms with E-state index in [1.54, 1.807) is 7.11 Å². The van der Waals surface area contributed by atoms with E-state index in [0.717, 1.165) is 63.1 Å². The van der Waals surface area contributed by atoms with Crippen molar-refractivity contribution in [2.45, 2.75) is 52.0 Å². The largest absolute Gasteiger partial charge is 0.495 e. The molecule has 0 radical (unpaired) electrons. The van der Waals surface area contributed by atoms with Gasteiger partial charge in [0.2, 0.25) is 5.91 Å². The van der Waals surface area contributed by atoms with Gasteiger partial charge in [0.15, 0.2) is 11.5 Å². The number of anilines is 5. The number of carbonyl (C=O) groups is 2. The highest BCUT2D eigenvalue weighted by molar-refractivity contribution is 5.97. The monoisotopic (exact) mass is 600 g/mol. The van der Waals surface area contributed by atoms with Crippen molar-refractivity contribution in [3.63, 3.8) is 0 Å². The van der Waals surface area contributed by atoms with Gasteiger partial charge in [-0.2, -0.15) is 0 Å². The molecule has 5 rings (SSSR count). The average molecular weight is 601 g/mol. The molecule has 44 heavy (non-hydrogen) atoms. The summed E-state index contributed by atoms with van der Waals surface area (Å²) >= 11 is 0. The number of ether oxygens (including phenoxy) is 1. The summed E-state index contributed by atoms with van der Waals surface area (Å²) < 4.78 is 5.37. The summed E-state index contributed by atoms with van der Waals surface area (Å²) in [7, 11) is 3.74. The molecule has 0 spiro atoms. The predicted molar refractivity (Wildman–Crippen MR) is 175 cm³/mol. The Morgan fingerprint density at radius 2 is 1.73 bits per heavy atom. The van der Waals surface area contributed by atoms with Crippen LogP contribution in [0.4, 0.5) is 28.7 Å². The molecular weight excluding hydrogens is 556 g/mol. The van der Waals surface area contributed by atoms with Crippen molar-refractivity contribution in [2.24, 2.45) is 11.7 Å². The van der Waals surface area contributed by atoms with E-state index in [9.17, 15) is 9.59 Å². The number of aromatic nitrogens is 2. The number of nitrogens with zero attached hydrogens (tertiary/aromatic N) is 4. The number of hydrogen-bond donors (Lipinski definition) is 4. The SMILES string of the molecule is CCc1nc(C(N)=O)c(Nc2ccc(N3CCN(C)CC3)c(C)c2)nc1NC1CCC(C(=O)Nc2ccccc2OC)CC1. The quantitative estimate of drug-likeness (QED) is 0.264. The number of amides is 2. The van der Waals surface area contributed by atoms with Crippen molar-refractivity contribution in [3.8, 4) is 5.75 Å². The second kappa shape index (κ2) is 13.9. The lowest BCUT2D eigenvalue weighted by Gasteiger charge is -2.35. The molecule has 1 aliphatic carbocycles. The average Bonchev–Trinajstić information content (AvgIpc) is 3.02. The number of nitrogens with one attached hydrogen (secondary N) is 3. The van der Waals surface area contributed by atoms with Crippen LogP contribution in [0.3, 0.4) is 0 Å². The Bertz CT molecular complexity index is 1480. The fourth-order valence-corrected chi connectivity index (χ4v) is 6.04. The Balaban J connectivity index is 1.27. The van der Waals surface area contributed by atoms with Gasteiger partial charge in [-0.25, -0.2) is 9.97 Å². The summed E-state index contributed by atoms with van der Waals surface area (Å²) in [6, 6.07) is 13.7. The fraction of sp³-hybridized carbons (Fsp3) is 0.455. The molecule has 2 heterocycles. The topological polar surface area (TPSA) is 138 Å². The molecule has 0 unspecified atom stereocenters. The van der Waals surface area contributed by atoms with Gasteiger partial charge >= 0.3 is 0 Å². The smallest absolute Gasteiger partial charge is 0.271 e. The van der Waals surface area contributed by atoms with E-state index in [1.165, 1.54) is 5.69 Å². The number of likely N-dealkylation sites (N-methyl/N-ethyl adjacent to an activating group) is 1. The number of primary amides is 1. The van der Waals surface area contributed by atoms with Crippen LogP contribution in [0.25, 0.3) is 0 Å². The Kier molecular flexibility index (Phi) is 9.84. The molecular formula is C33H44N8O3. The summed E-state index contributed by atoms with van der Waals surface area (Å²) in [4.78, 5) is 39.6. The van der Waals surface area contributed by atoms with Crippen LogP contribution in [0.1, 0.15) is 54.4 Å². The second-order valence-electron chi connectivity index (χ2n) is 11.7. The van der Waals surface area contributed by atoms with Gasteiger partial charge in [-0.05, 0) is 82.0 Å². The zero-order valence-corrected chi connectivity index (χ0v) is 26.2. The highest BCUT2D eigenvalue weighted by atomic mass is 16.5. The molecule has 2 amide bonds. The van der Waals surface area contributed by atoms with Gasteiger partial charge < -0.3 is 36.2 Å². The standard InChI is InChI=1S/C33H44N8O3/c1-5-25-31(35-23-12-10-22(11-13-23)33(43)38-26-8-6-7-9-28(26)44-4)39-32(29(37-25)30(34)42)36-24-14-15-27(21(2)20-24)41-18-16-40(3)17-19-41/h6-9,14-15,20,22-23H,5,10-13,16-19H2,1-4H3,(H2,34,42)(H,38,43)(H2,35,36,39). The lowest BCUT2D eigenvalue weighted by molar-refractivity contribution is -0.120. The molecule has 2 aliphatic rings. The van der Waals surface area contributed by atoms with Crippen molar-refractivity contribution in [2.75, 3.05) is 61.2 Å². The van der Waals surface area contributed by atoms with Gasteiger partial charge in [0.05, 0.1) is 18.5 Å². The number of methoxy groups -OCH3 is 1. The van der Waals surface area contributed by atoms with Gasteiger partial charge in [-0.3, -0.25) is 9.59 Å². The summed E-state index contributed by atoms with van der Waals surface area (Å²) in [5, 5.41) is 9.90. The van der Waals surface area contributed by atoms with E-state index in [1.807, 2.05) is 37.3 Å². The van der Waals surface area contributed by atoms with Crippen LogP contribution >= 0.6 is 0 Å². The molecule has 1 aromatic heterocycles. The molecule has 5 N–H and O–H groups in total. The van der Waals surface area contributed by atoms with Crippen LogP contribution in [0.2, 0.25) is 0 Å². The van der Waals surface area contributed by atoms with Crippen LogP contribution in [-0.2, 0) is 11.2 Å². The first-order chi connectivity index (χ1) is 21.2. The molecule has 11 heteroatoms. The molecule has 2 fully saturated rings. The summed E-state index contributed by atoms with van der Waals surface area (Å²) in [6.45, 7) is 8.13. The highest BCUT2D eigenvalue weighted by Crippen LogP contribution is 2.32. The Labute approximate surface area is 259 Å². The van der Waals surface area contributed by atoms with E-state index in [-0.39, 0.29) is 23.6 Å². The predicted octanol–water partition coefficient (Wildman–Crippen LogP) is 4.56. The van der Waals surface area contributed by atoms with E-state index in [2.05, 4.69) is 56.8 Å². The first kappa shape index (κ1) is 31.1. The van der Waals surface area contributed by atoms with E-state index >= 15 is 0 Å². The number of hydrogen-bond acceptors (Lipinski definition) is 9. The van der Waals surface area contributed by atoms with Gasteiger partial charge in [-0.15, -0.1) is 0 Å². The van der Waals surface area contributed by atoms with Crippen molar-refractivity contribution >= 4 is 40.5 Å². The molecule has 2 aromatic carbocycles. The number of rotatable bonds is 10. The number of para-hydroxylation sites is 2. The lowest BCUT2D eigenvalue weighted by Crippen LogP contribution is -2.44. The van der Waals surface area contributed by atoms with Gasteiger partial charge in [0.25, 0.3) is 5.91 Å². The van der Waals surface area contributed by atoms with Crippen LogP contribution in [0.5, 0.6) is 5.75 Å². The summed E-state index contributed by atoms with van der Waals surface area (Å²) in [5.74, 6) is 0.899. The molecule has 1 saturated carbocycles. The Morgan fingerprint density at radius 3 is 2.39 bits per heavy atom. The van der Waals surface area contributed by atoms with Crippen LogP contribution < -0.4 is 31.3 Å². The molecule has 234 valence electrons. The lowest BCUT2D eigenvalue weighted by atomic mass is 9.85. The van der Waals surface area contributed by atoms with E-state index < -0.39 is 5.91 Å². The van der Waals surface area contributed by atoms with Gasteiger partial charge in [-0.1, -0.05) is 19.1 Å².